The maximum Gasteiger partial charge on any atom is 0.0233 e. The van der Waals surface area contributed by atoms with E-state index in [2.05, 4.69) is 49.9 Å². The van der Waals surface area contributed by atoms with Gasteiger partial charge < -0.3 is 5.73 Å². The molecule has 1 aromatic carbocycles. The van der Waals surface area contributed by atoms with Crippen molar-refractivity contribution < 1.29 is 0 Å². The fourth-order valence-corrected chi connectivity index (χ4v) is 2.48. The number of nitrogens with two attached hydrogens (primary N) is 1. The molecule has 0 aromatic heterocycles. The molecule has 1 heterocycles. The Morgan fingerprint density at radius 1 is 1.11 bits per heavy atom. The molecule has 108 valence electrons. The maximum absolute atomic E-state index is 5.93. The number of likely N-dealkylation sites (tertiary alicyclic amines) is 1. The summed E-state index contributed by atoms with van der Waals surface area (Å²) in [6.45, 7) is 10.1. The summed E-state index contributed by atoms with van der Waals surface area (Å²) in [6, 6.07) is 9.50. The highest BCUT2D eigenvalue weighted by Crippen LogP contribution is 2.22. The highest BCUT2D eigenvalue weighted by molar-refractivity contribution is 5.85. The zero-order valence-electron chi connectivity index (χ0n) is 12.4. The van der Waals surface area contributed by atoms with Gasteiger partial charge in [-0.1, -0.05) is 45.0 Å². The van der Waals surface area contributed by atoms with Gasteiger partial charge in [-0.3, -0.25) is 4.90 Å². The van der Waals surface area contributed by atoms with E-state index < -0.39 is 0 Å². The van der Waals surface area contributed by atoms with Gasteiger partial charge in [-0.05, 0) is 42.5 Å². The first-order valence-corrected chi connectivity index (χ1v) is 7.02. The van der Waals surface area contributed by atoms with Gasteiger partial charge in [-0.25, -0.2) is 0 Å². The Kier molecular flexibility index (Phi) is 5.84. The zero-order valence-corrected chi connectivity index (χ0v) is 13.2. The quantitative estimate of drug-likeness (QED) is 0.902. The highest BCUT2D eigenvalue weighted by atomic mass is 35.5. The Morgan fingerprint density at radius 3 is 2.11 bits per heavy atom. The average Bonchev–Trinajstić information content (AvgIpc) is 2.32. The molecule has 0 bridgehead atoms. The van der Waals surface area contributed by atoms with Gasteiger partial charge in [0.15, 0.2) is 0 Å². The molecule has 0 aliphatic carbocycles. The van der Waals surface area contributed by atoms with Crippen LogP contribution in [0.5, 0.6) is 0 Å². The summed E-state index contributed by atoms with van der Waals surface area (Å²) < 4.78 is 0. The Bertz CT molecular complexity index is 373. The van der Waals surface area contributed by atoms with Crippen LogP contribution in [-0.4, -0.2) is 24.0 Å². The topological polar surface area (TPSA) is 29.3 Å². The normalized spacial score (nSPS) is 18.1. The first-order chi connectivity index (χ1) is 8.45. The van der Waals surface area contributed by atoms with Gasteiger partial charge in [0.1, 0.15) is 0 Å². The number of halogens is 1. The van der Waals surface area contributed by atoms with Gasteiger partial charge in [0.05, 0.1) is 0 Å². The third-order valence-corrected chi connectivity index (χ3v) is 3.86. The van der Waals surface area contributed by atoms with Crippen molar-refractivity contribution in [2.45, 2.75) is 51.6 Å². The highest BCUT2D eigenvalue weighted by Gasteiger charge is 2.17. The summed E-state index contributed by atoms with van der Waals surface area (Å²) >= 11 is 0. The Morgan fingerprint density at radius 2 is 1.63 bits per heavy atom. The summed E-state index contributed by atoms with van der Waals surface area (Å²) in [5, 5.41) is 0. The van der Waals surface area contributed by atoms with Gasteiger partial charge in [-0.2, -0.15) is 0 Å². The molecule has 0 radical (unpaired) electrons. The molecule has 1 aromatic rings. The summed E-state index contributed by atoms with van der Waals surface area (Å²) in [5.74, 6) is 0. The monoisotopic (exact) mass is 282 g/mol. The van der Waals surface area contributed by atoms with Crippen LogP contribution in [0.2, 0.25) is 0 Å². The minimum atomic E-state index is 0. The molecule has 0 saturated carbocycles. The zero-order chi connectivity index (χ0) is 13.2. The van der Waals surface area contributed by atoms with Crippen LogP contribution in [0.1, 0.15) is 44.7 Å². The second-order valence-corrected chi connectivity index (χ2v) is 6.56. The second kappa shape index (κ2) is 6.74. The van der Waals surface area contributed by atoms with Crippen LogP contribution in [0.4, 0.5) is 0 Å². The van der Waals surface area contributed by atoms with E-state index in [1.165, 1.54) is 11.1 Å². The Balaban J connectivity index is 0.00000180. The standard InChI is InChI=1S/C16H26N2.ClH/c1-16(2,3)14-6-4-13(5-7-14)12-18-10-8-15(17)9-11-18;/h4-7,15H,8-12,17H2,1-3H3;1H. The van der Waals surface area contributed by atoms with Gasteiger partial charge >= 0.3 is 0 Å². The average molecular weight is 283 g/mol. The molecule has 1 saturated heterocycles. The molecule has 1 aliphatic heterocycles. The fourth-order valence-electron chi connectivity index (χ4n) is 2.48. The summed E-state index contributed by atoms with van der Waals surface area (Å²) in [5.41, 5.74) is 9.00. The van der Waals surface area contributed by atoms with E-state index in [-0.39, 0.29) is 17.8 Å². The van der Waals surface area contributed by atoms with E-state index in [0.717, 1.165) is 32.5 Å². The van der Waals surface area contributed by atoms with Crippen molar-refractivity contribution in [3.8, 4) is 0 Å². The molecule has 0 spiro atoms. The first kappa shape index (κ1) is 16.5. The lowest BCUT2D eigenvalue weighted by Crippen LogP contribution is -2.39. The van der Waals surface area contributed by atoms with Gasteiger partial charge in [-0.15, -0.1) is 12.4 Å². The molecular formula is C16H27ClN2. The number of piperidine rings is 1. The van der Waals surface area contributed by atoms with Crippen molar-refractivity contribution >= 4 is 12.4 Å². The van der Waals surface area contributed by atoms with E-state index in [4.69, 9.17) is 5.73 Å². The van der Waals surface area contributed by atoms with E-state index in [1.807, 2.05) is 0 Å². The first-order valence-electron chi connectivity index (χ1n) is 7.02. The summed E-state index contributed by atoms with van der Waals surface area (Å²) in [7, 11) is 0. The predicted octanol–water partition coefficient (Wildman–Crippen LogP) is 3.33. The fraction of sp³-hybridized carbons (Fsp3) is 0.625. The minimum absolute atomic E-state index is 0. The van der Waals surface area contributed by atoms with E-state index in [9.17, 15) is 0 Å². The van der Waals surface area contributed by atoms with Crippen LogP contribution < -0.4 is 5.73 Å². The van der Waals surface area contributed by atoms with Crippen LogP contribution in [0.25, 0.3) is 0 Å². The van der Waals surface area contributed by atoms with Crippen LogP contribution in [0.15, 0.2) is 24.3 Å². The lowest BCUT2D eigenvalue weighted by molar-refractivity contribution is 0.205. The predicted molar refractivity (Wildman–Crippen MR) is 84.9 cm³/mol. The number of rotatable bonds is 2. The molecular weight excluding hydrogens is 256 g/mol. The van der Waals surface area contributed by atoms with Crippen molar-refractivity contribution in [2.24, 2.45) is 5.73 Å². The number of hydrogen-bond acceptors (Lipinski definition) is 2. The molecule has 2 N–H and O–H groups in total. The largest absolute Gasteiger partial charge is 0.328 e. The SMILES string of the molecule is CC(C)(C)c1ccc(CN2CCC(N)CC2)cc1.Cl. The molecule has 0 atom stereocenters. The van der Waals surface area contributed by atoms with Crippen molar-refractivity contribution in [1.29, 1.82) is 0 Å². The van der Waals surface area contributed by atoms with Crippen molar-refractivity contribution in [1.82, 2.24) is 4.90 Å². The van der Waals surface area contributed by atoms with E-state index in [0.29, 0.717) is 6.04 Å². The van der Waals surface area contributed by atoms with Crippen LogP contribution in [-0.2, 0) is 12.0 Å². The number of nitrogens with zero attached hydrogens (tertiary/aromatic N) is 1. The minimum Gasteiger partial charge on any atom is -0.328 e. The molecule has 0 unspecified atom stereocenters. The third-order valence-electron chi connectivity index (χ3n) is 3.86. The molecule has 19 heavy (non-hydrogen) atoms. The summed E-state index contributed by atoms with van der Waals surface area (Å²) in [4.78, 5) is 2.51. The lowest BCUT2D eigenvalue weighted by atomic mass is 9.86. The van der Waals surface area contributed by atoms with Crippen molar-refractivity contribution in [2.75, 3.05) is 13.1 Å². The smallest absolute Gasteiger partial charge is 0.0233 e. The molecule has 3 heteroatoms. The molecule has 2 nitrogen and oxygen atoms in total. The molecule has 1 aliphatic rings. The Hall–Kier alpha value is -0.570. The number of benzene rings is 1. The van der Waals surface area contributed by atoms with Crippen molar-refractivity contribution in [3.63, 3.8) is 0 Å². The van der Waals surface area contributed by atoms with Gasteiger partial charge in [0, 0.05) is 12.6 Å². The van der Waals surface area contributed by atoms with E-state index in [1.54, 1.807) is 0 Å². The van der Waals surface area contributed by atoms with E-state index >= 15 is 0 Å². The summed E-state index contributed by atoms with van der Waals surface area (Å²) in [6.07, 6.45) is 2.28. The second-order valence-electron chi connectivity index (χ2n) is 6.56. The maximum atomic E-state index is 5.93. The lowest BCUT2D eigenvalue weighted by Gasteiger charge is -2.30. The third kappa shape index (κ3) is 4.79. The van der Waals surface area contributed by atoms with Crippen LogP contribution >= 0.6 is 12.4 Å². The molecule has 0 amide bonds. The van der Waals surface area contributed by atoms with Crippen molar-refractivity contribution in [3.05, 3.63) is 35.4 Å². The number of hydrogen-bond donors (Lipinski definition) is 1. The van der Waals surface area contributed by atoms with Gasteiger partial charge in [0.2, 0.25) is 0 Å². The van der Waals surface area contributed by atoms with Crippen LogP contribution in [0, 0.1) is 0 Å². The molecule has 1 fully saturated rings. The Labute approximate surface area is 123 Å². The van der Waals surface area contributed by atoms with Gasteiger partial charge in [0.25, 0.3) is 0 Å². The van der Waals surface area contributed by atoms with Crippen LogP contribution in [0.3, 0.4) is 0 Å². The molecule has 2 rings (SSSR count).